The van der Waals surface area contributed by atoms with Crippen molar-refractivity contribution in [2.45, 2.75) is 52.4 Å². The minimum atomic E-state index is 0.139. The smallest absolute Gasteiger partial charge is 0.225 e. The van der Waals surface area contributed by atoms with Gasteiger partial charge in [0.1, 0.15) is 0 Å². The molecule has 0 saturated heterocycles. The third kappa shape index (κ3) is 4.83. The average molecular weight is 251 g/mol. The predicted octanol–water partition coefficient (Wildman–Crippen LogP) is 3.87. The number of nitrogens with zero attached hydrogens (tertiary/aromatic N) is 1. The molecule has 0 aliphatic heterocycles. The minimum Gasteiger partial charge on any atom is -0.349 e. The van der Waals surface area contributed by atoms with Crippen molar-refractivity contribution >= 4 is 5.91 Å². The molecule has 0 heterocycles. The Labute approximate surface area is 112 Å². The quantitative estimate of drug-likeness (QED) is 0.656. The zero-order valence-electron chi connectivity index (χ0n) is 12.5. The maximum absolute atomic E-state index is 12.0. The fourth-order valence-electron chi connectivity index (χ4n) is 2.77. The molecule has 0 radical (unpaired) electrons. The molecular weight excluding hydrogens is 222 g/mol. The molecular formula is C16H29NO. The first-order chi connectivity index (χ1) is 8.52. The van der Waals surface area contributed by atoms with Crippen LogP contribution in [0.3, 0.4) is 0 Å². The molecule has 0 spiro atoms. The fraction of sp³-hybridized carbons (Fsp3) is 0.812. The van der Waals surface area contributed by atoms with E-state index in [2.05, 4.69) is 26.0 Å². The van der Waals surface area contributed by atoms with Gasteiger partial charge < -0.3 is 4.90 Å². The Kier molecular flexibility index (Phi) is 6.45. The summed E-state index contributed by atoms with van der Waals surface area (Å²) in [4.78, 5) is 13.7. The highest BCUT2D eigenvalue weighted by molar-refractivity contribution is 5.78. The molecule has 0 bridgehead atoms. The van der Waals surface area contributed by atoms with E-state index in [0.29, 0.717) is 5.92 Å². The SMILES string of the molecule is CC(C)[C@H](CC=CCC1CCCC1)C(=O)N(C)C. The van der Waals surface area contributed by atoms with E-state index in [4.69, 9.17) is 0 Å². The van der Waals surface area contributed by atoms with Crippen LogP contribution in [0.4, 0.5) is 0 Å². The van der Waals surface area contributed by atoms with E-state index in [1.54, 1.807) is 4.90 Å². The first-order valence-electron chi connectivity index (χ1n) is 7.38. The first kappa shape index (κ1) is 15.3. The second kappa shape index (κ2) is 7.60. The zero-order valence-corrected chi connectivity index (χ0v) is 12.5. The molecule has 104 valence electrons. The van der Waals surface area contributed by atoms with Crippen molar-refractivity contribution in [3.8, 4) is 0 Å². The van der Waals surface area contributed by atoms with Crippen molar-refractivity contribution < 1.29 is 4.79 Å². The van der Waals surface area contributed by atoms with E-state index in [1.807, 2.05) is 14.1 Å². The van der Waals surface area contributed by atoms with Gasteiger partial charge in [-0.15, -0.1) is 0 Å². The largest absolute Gasteiger partial charge is 0.349 e. The Morgan fingerprint density at radius 1 is 1.22 bits per heavy atom. The molecule has 1 fully saturated rings. The Morgan fingerprint density at radius 2 is 1.83 bits per heavy atom. The van der Waals surface area contributed by atoms with Gasteiger partial charge in [-0.05, 0) is 24.7 Å². The summed E-state index contributed by atoms with van der Waals surface area (Å²) in [6.07, 6.45) is 12.2. The molecule has 1 atom stereocenters. The lowest BCUT2D eigenvalue weighted by Gasteiger charge is -2.22. The van der Waals surface area contributed by atoms with Crippen LogP contribution in [0.15, 0.2) is 12.2 Å². The van der Waals surface area contributed by atoms with Crippen molar-refractivity contribution in [1.82, 2.24) is 4.90 Å². The molecule has 0 aromatic rings. The van der Waals surface area contributed by atoms with Crippen LogP contribution in [0.2, 0.25) is 0 Å². The summed E-state index contributed by atoms with van der Waals surface area (Å²) in [5.74, 6) is 1.72. The van der Waals surface area contributed by atoms with Gasteiger partial charge in [-0.2, -0.15) is 0 Å². The second-order valence-electron chi connectivity index (χ2n) is 6.18. The maximum atomic E-state index is 12.0. The summed E-state index contributed by atoms with van der Waals surface area (Å²) in [7, 11) is 3.69. The summed E-state index contributed by atoms with van der Waals surface area (Å²) < 4.78 is 0. The molecule has 1 amide bonds. The van der Waals surface area contributed by atoms with Crippen molar-refractivity contribution in [3.05, 3.63) is 12.2 Å². The van der Waals surface area contributed by atoms with Gasteiger partial charge in [-0.25, -0.2) is 0 Å². The van der Waals surface area contributed by atoms with Gasteiger partial charge in [0.2, 0.25) is 5.91 Å². The number of carbonyl (C=O) groups excluding carboxylic acids is 1. The topological polar surface area (TPSA) is 20.3 Å². The average Bonchev–Trinajstić information content (AvgIpc) is 2.80. The van der Waals surface area contributed by atoms with Gasteiger partial charge in [0.15, 0.2) is 0 Å². The van der Waals surface area contributed by atoms with Crippen LogP contribution in [0, 0.1) is 17.8 Å². The van der Waals surface area contributed by atoms with Crippen LogP contribution < -0.4 is 0 Å². The van der Waals surface area contributed by atoms with E-state index in [0.717, 1.165) is 12.3 Å². The summed E-state index contributed by atoms with van der Waals surface area (Å²) >= 11 is 0. The van der Waals surface area contributed by atoms with E-state index in [-0.39, 0.29) is 11.8 Å². The molecule has 1 aliphatic rings. The van der Waals surface area contributed by atoms with E-state index >= 15 is 0 Å². The van der Waals surface area contributed by atoms with Crippen LogP contribution in [0.5, 0.6) is 0 Å². The Balaban J connectivity index is 2.36. The molecule has 0 unspecified atom stereocenters. The number of hydrogen-bond donors (Lipinski definition) is 0. The minimum absolute atomic E-state index is 0.139. The number of carbonyl (C=O) groups is 1. The van der Waals surface area contributed by atoms with Crippen molar-refractivity contribution in [1.29, 1.82) is 0 Å². The standard InChI is InChI=1S/C16H29NO/c1-13(2)15(16(18)17(3)4)12-8-7-11-14-9-5-6-10-14/h7-8,13-15H,5-6,9-12H2,1-4H3/t15-/m0/s1. The van der Waals surface area contributed by atoms with Gasteiger partial charge in [-0.1, -0.05) is 51.7 Å². The number of allylic oxidation sites excluding steroid dienone is 2. The van der Waals surface area contributed by atoms with E-state index in [1.165, 1.54) is 32.1 Å². The molecule has 18 heavy (non-hydrogen) atoms. The highest BCUT2D eigenvalue weighted by Crippen LogP contribution is 2.28. The second-order valence-corrected chi connectivity index (χ2v) is 6.18. The first-order valence-corrected chi connectivity index (χ1v) is 7.38. The predicted molar refractivity (Wildman–Crippen MR) is 77.4 cm³/mol. The Bertz CT molecular complexity index is 275. The molecule has 2 heteroatoms. The fourth-order valence-corrected chi connectivity index (χ4v) is 2.77. The molecule has 1 saturated carbocycles. The van der Waals surface area contributed by atoms with Crippen molar-refractivity contribution in [2.75, 3.05) is 14.1 Å². The van der Waals surface area contributed by atoms with Crippen LogP contribution in [-0.4, -0.2) is 24.9 Å². The Morgan fingerprint density at radius 3 is 2.33 bits per heavy atom. The molecule has 0 N–H and O–H groups in total. The monoisotopic (exact) mass is 251 g/mol. The zero-order chi connectivity index (χ0) is 13.5. The molecule has 1 rings (SSSR count). The molecule has 1 aliphatic carbocycles. The number of amides is 1. The lowest BCUT2D eigenvalue weighted by atomic mass is 9.90. The third-order valence-corrected chi connectivity index (χ3v) is 4.06. The van der Waals surface area contributed by atoms with Gasteiger partial charge in [0.05, 0.1) is 0 Å². The van der Waals surface area contributed by atoms with Gasteiger partial charge >= 0.3 is 0 Å². The van der Waals surface area contributed by atoms with Gasteiger partial charge in [0, 0.05) is 20.0 Å². The summed E-state index contributed by atoms with van der Waals surface area (Å²) in [5.41, 5.74) is 0. The Hall–Kier alpha value is -0.790. The lowest BCUT2D eigenvalue weighted by Crippen LogP contribution is -2.32. The number of rotatable bonds is 6. The maximum Gasteiger partial charge on any atom is 0.225 e. The molecule has 2 nitrogen and oxygen atoms in total. The van der Waals surface area contributed by atoms with Crippen LogP contribution in [0.25, 0.3) is 0 Å². The molecule has 0 aromatic carbocycles. The lowest BCUT2D eigenvalue weighted by molar-refractivity contribution is -0.134. The third-order valence-electron chi connectivity index (χ3n) is 4.06. The normalized spacial score (nSPS) is 18.7. The van der Waals surface area contributed by atoms with Gasteiger partial charge in [-0.3, -0.25) is 4.79 Å². The summed E-state index contributed by atoms with van der Waals surface area (Å²) in [6, 6.07) is 0. The van der Waals surface area contributed by atoms with Crippen molar-refractivity contribution in [2.24, 2.45) is 17.8 Å². The molecule has 0 aromatic heterocycles. The summed E-state index contributed by atoms with van der Waals surface area (Å²) in [6.45, 7) is 4.27. The van der Waals surface area contributed by atoms with E-state index in [9.17, 15) is 4.79 Å². The van der Waals surface area contributed by atoms with E-state index < -0.39 is 0 Å². The highest BCUT2D eigenvalue weighted by Gasteiger charge is 2.22. The van der Waals surface area contributed by atoms with Crippen LogP contribution >= 0.6 is 0 Å². The van der Waals surface area contributed by atoms with Crippen molar-refractivity contribution in [3.63, 3.8) is 0 Å². The highest BCUT2D eigenvalue weighted by atomic mass is 16.2. The van der Waals surface area contributed by atoms with Gasteiger partial charge in [0.25, 0.3) is 0 Å². The van der Waals surface area contributed by atoms with Crippen LogP contribution in [-0.2, 0) is 4.79 Å². The van der Waals surface area contributed by atoms with Crippen LogP contribution in [0.1, 0.15) is 52.4 Å². The summed E-state index contributed by atoms with van der Waals surface area (Å²) in [5, 5.41) is 0. The number of hydrogen-bond acceptors (Lipinski definition) is 1.